The average Bonchev–Trinajstić information content (AvgIpc) is 2.47. The molecule has 0 radical (unpaired) electrons. The zero-order chi connectivity index (χ0) is 15.5. The summed E-state index contributed by atoms with van der Waals surface area (Å²) < 4.78 is 32.4. The van der Waals surface area contributed by atoms with Crippen LogP contribution in [-0.4, -0.2) is 20.5 Å². The molecule has 4 N–H and O–H groups in total. The standard InChI is InChI=1S/C13H16N4O3S/c1-9-8-10(5-6-11(9)20-2)17-21(18,19)12-4-3-7-15-13(12)16-14/h3-8,17H,14H2,1-2H3,(H,15,16). The number of rotatable bonds is 5. The number of pyridine rings is 1. The first-order valence-corrected chi connectivity index (χ1v) is 7.55. The van der Waals surface area contributed by atoms with Gasteiger partial charge >= 0.3 is 0 Å². The van der Waals surface area contributed by atoms with E-state index < -0.39 is 10.0 Å². The Morgan fingerprint density at radius 1 is 1.29 bits per heavy atom. The van der Waals surface area contributed by atoms with Crippen molar-refractivity contribution in [3.63, 3.8) is 0 Å². The summed E-state index contributed by atoms with van der Waals surface area (Å²) in [6.45, 7) is 1.83. The lowest BCUT2D eigenvalue weighted by Crippen LogP contribution is -2.18. The highest BCUT2D eigenvalue weighted by Crippen LogP contribution is 2.25. The first kappa shape index (κ1) is 15.1. The first-order chi connectivity index (χ1) is 9.97. The van der Waals surface area contributed by atoms with Crippen LogP contribution in [0.5, 0.6) is 5.75 Å². The van der Waals surface area contributed by atoms with Gasteiger partial charge in [0.15, 0.2) is 5.82 Å². The molecule has 0 aliphatic carbocycles. The molecule has 0 fully saturated rings. The van der Waals surface area contributed by atoms with E-state index in [2.05, 4.69) is 15.1 Å². The van der Waals surface area contributed by atoms with Gasteiger partial charge < -0.3 is 10.2 Å². The number of aromatic nitrogens is 1. The molecule has 2 rings (SSSR count). The molecule has 0 saturated heterocycles. The number of nitrogens with zero attached hydrogens (tertiary/aromatic N) is 1. The molecule has 2 aromatic rings. The zero-order valence-electron chi connectivity index (χ0n) is 11.6. The second kappa shape index (κ2) is 5.98. The number of nitrogens with one attached hydrogen (secondary N) is 2. The number of nitrogen functional groups attached to an aromatic ring is 1. The number of anilines is 2. The highest BCUT2D eigenvalue weighted by Gasteiger charge is 2.19. The Morgan fingerprint density at radius 2 is 2.05 bits per heavy atom. The van der Waals surface area contributed by atoms with Gasteiger partial charge in [-0.15, -0.1) is 0 Å². The highest BCUT2D eigenvalue weighted by molar-refractivity contribution is 7.92. The third-order valence-corrected chi connectivity index (χ3v) is 4.26. The minimum Gasteiger partial charge on any atom is -0.496 e. The van der Waals surface area contributed by atoms with Gasteiger partial charge in [0.2, 0.25) is 0 Å². The number of ether oxygens (including phenoxy) is 1. The number of aryl methyl sites for hydroxylation is 1. The maximum absolute atomic E-state index is 12.4. The van der Waals surface area contributed by atoms with Crippen molar-refractivity contribution in [3.05, 3.63) is 42.1 Å². The summed E-state index contributed by atoms with van der Waals surface area (Å²) in [7, 11) is -2.23. The minimum absolute atomic E-state index is 0.0269. The van der Waals surface area contributed by atoms with Crippen LogP contribution < -0.4 is 20.7 Å². The minimum atomic E-state index is -3.79. The summed E-state index contributed by atoms with van der Waals surface area (Å²) in [5.74, 6) is 6.04. The van der Waals surface area contributed by atoms with Gasteiger partial charge in [-0.3, -0.25) is 4.72 Å². The predicted octanol–water partition coefficient (Wildman–Crippen LogP) is 1.49. The summed E-state index contributed by atoms with van der Waals surface area (Å²) in [5.41, 5.74) is 3.52. The highest BCUT2D eigenvalue weighted by atomic mass is 32.2. The fraction of sp³-hybridized carbons (Fsp3) is 0.154. The Hall–Kier alpha value is -2.32. The van der Waals surface area contributed by atoms with Crippen LogP contribution in [0.25, 0.3) is 0 Å². The van der Waals surface area contributed by atoms with E-state index in [0.29, 0.717) is 11.4 Å². The molecule has 1 aromatic carbocycles. The SMILES string of the molecule is COc1ccc(NS(=O)(=O)c2cccnc2NN)cc1C. The molecular weight excluding hydrogens is 292 g/mol. The van der Waals surface area contributed by atoms with Gasteiger partial charge in [-0.1, -0.05) is 0 Å². The lowest BCUT2D eigenvalue weighted by molar-refractivity contribution is 0.412. The van der Waals surface area contributed by atoms with Crippen molar-refractivity contribution >= 4 is 21.5 Å². The number of nitrogens with two attached hydrogens (primary N) is 1. The molecule has 112 valence electrons. The smallest absolute Gasteiger partial charge is 0.265 e. The average molecular weight is 308 g/mol. The van der Waals surface area contributed by atoms with Gasteiger partial charge in [0.1, 0.15) is 10.6 Å². The van der Waals surface area contributed by atoms with Gasteiger partial charge in [-0.05, 0) is 42.8 Å². The largest absolute Gasteiger partial charge is 0.496 e. The van der Waals surface area contributed by atoms with E-state index in [1.807, 2.05) is 6.92 Å². The normalized spacial score (nSPS) is 11.0. The van der Waals surface area contributed by atoms with E-state index in [4.69, 9.17) is 10.6 Å². The van der Waals surface area contributed by atoms with Crippen LogP contribution in [0, 0.1) is 6.92 Å². The number of benzene rings is 1. The van der Waals surface area contributed by atoms with Crippen LogP contribution in [0.1, 0.15) is 5.56 Å². The second-order valence-corrected chi connectivity index (χ2v) is 5.94. The fourth-order valence-electron chi connectivity index (χ4n) is 1.87. The Bertz CT molecular complexity index is 747. The van der Waals surface area contributed by atoms with Gasteiger partial charge in [0, 0.05) is 11.9 Å². The van der Waals surface area contributed by atoms with E-state index in [0.717, 1.165) is 5.56 Å². The van der Waals surface area contributed by atoms with Crippen molar-refractivity contribution in [2.45, 2.75) is 11.8 Å². The second-order valence-electron chi connectivity index (χ2n) is 4.28. The molecular formula is C13H16N4O3S. The molecule has 21 heavy (non-hydrogen) atoms. The number of hydrogen-bond acceptors (Lipinski definition) is 6. The van der Waals surface area contributed by atoms with Crippen LogP contribution in [0.15, 0.2) is 41.4 Å². The molecule has 1 aromatic heterocycles. The Morgan fingerprint density at radius 3 is 2.67 bits per heavy atom. The maximum Gasteiger partial charge on any atom is 0.265 e. The molecule has 0 aliphatic rings. The van der Waals surface area contributed by atoms with Crippen molar-refractivity contribution in [1.82, 2.24) is 4.98 Å². The van der Waals surface area contributed by atoms with E-state index in [9.17, 15) is 8.42 Å². The molecule has 0 saturated carbocycles. The van der Waals surface area contributed by atoms with Crippen LogP contribution in [0.3, 0.4) is 0 Å². The summed E-state index contributed by atoms with van der Waals surface area (Å²) in [4.78, 5) is 3.85. The Balaban J connectivity index is 2.35. The third-order valence-electron chi connectivity index (χ3n) is 2.84. The van der Waals surface area contributed by atoms with Crippen LogP contribution in [0.4, 0.5) is 11.5 Å². The van der Waals surface area contributed by atoms with Crippen molar-refractivity contribution < 1.29 is 13.2 Å². The summed E-state index contributed by atoms with van der Waals surface area (Å²) in [6, 6.07) is 7.94. The van der Waals surface area contributed by atoms with Crippen molar-refractivity contribution in [3.8, 4) is 5.75 Å². The topological polar surface area (TPSA) is 106 Å². The van der Waals surface area contributed by atoms with Gasteiger partial charge in [-0.2, -0.15) is 0 Å². The molecule has 7 nitrogen and oxygen atoms in total. The van der Waals surface area contributed by atoms with E-state index in [1.54, 1.807) is 25.3 Å². The van der Waals surface area contributed by atoms with Gasteiger partial charge in [0.05, 0.1) is 7.11 Å². The monoisotopic (exact) mass is 308 g/mol. The van der Waals surface area contributed by atoms with Gasteiger partial charge in [0.25, 0.3) is 10.0 Å². The lowest BCUT2D eigenvalue weighted by atomic mass is 10.2. The Kier molecular flexibility index (Phi) is 4.29. The van der Waals surface area contributed by atoms with E-state index in [1.165, 1.54) is 18.3 Å². The molecule has 0 spiro atoms. The predicted molar refractivity (Wildman–Crippen MR) is 80.6 cm³/mol. The van der Waals surface area contributed by atoms with Crippen molar-refractivity contribution in [1.29, 1.82) is 0 Å². The zero-order valence-corrected chi connectivity index (χ0v) is 12.4. The van der Waals surface area contributed by atoms with Gasteiger partial charge in [-0.25, -0.2) is 19.2 Å². The summed E-state index contributed by atoms with van der Waals surface area (Å²) in [5, 5.41) is 0. The molecule has 0 amide bonds. The fourth-order valence-corrected chi connectivity index (χ4v) is 3.04. The van der Waals surface area contributed by atoms with Crippen molar-refractivity contribution in [2.75, 3.05) is 17.3 Å². The van der Waals surface area contributed by atoms with Crippen LogP contribution in [-0.2, 0) is 10.0 Å². The summed E-state index contributed by atoms with van der Waals surface area (Å²) in [6.07, 6.45) is 1.45. The first-order valence-electron chi connectivity index (χ1n) is 6.07. The summed E-state index contributed by atoms with van der Waals surface area (Å²) >= 11 is 0. The molecule has 8 heteroatoms. The third kappa shape index (κ3) is 3.23. The van der Waals surface area contributed by atoms with E-state index >= 15 is 0 Å². The number of hydrazine groups is 1. The van der Waals surface area contributed by atoms with Crippen molar-refractivity contribution in [2.24, 2.45) is 5.84 Å². The van der Waals surface area contributed by atoms with Crippen LogP contribution in [0.2, 0.25) is 0 Å². The molecule has 0 aliphatic heterocycles. The maximum atomic E-state index is 12.4. The quantitative estimate of drug-likeness (QED) is 0.570. The van der Waals surface area contributed by atoms with E-state index in [-0.39, 0.29) is 10.7 Å². The number of methoxy groups -OCH3 is 1. The number of hydrogen-bond donors (Lipinski definition) is 3. The number of sulfonamides is 1. The van der Waals surface area contributed by atoms with Crippen LogP contribution >= 0.6 is 0 Å². The lowest BCUT2D eigenvalue weighted by Gasteiger charge is -2.12. The molecule has 0 unspecified atom stereocenters. The molecule has 0 atom stereocenters. The molecule has 1 heterocycles. The Labute approximate surface area is 123 Å². The molecule has 0 bridgehead atoms.